The Labute approximate surface area is 81.4 Å². The maximum Gasteiger partial charge on any atom is 0.140 e. The lowest BCUT2D eigenvalue weighted by Crippen LogP contribution is -2.29. The van der Waals surface area contributed by atoms with Gasteiger partial charge in [0.25, 0.3) is 0 Å². The third-order valence-electron chi connectivity index (χ3n) is 2.45. The van der Waals surface area contributed by atoms with Crippen LogP contribution in [0.1, 0.15) is 17.8 Å². The molecule has 0 spiro atoms. The van der Waals surface area contributed by atoms with Gasteiger partial charge < -0.3 is 4.74 Å². The van der Waals surface area contributed by atoms with Crippen molar-refractivity contribution in [2.75, 3.05) is 13.2 Å². The summed E-state index contributed by atoms with van der Waals surface area (Å²) < 4.78 is 9.81. The summed E-state index contributed by atoms with van der Waals surface area (Å²) in [6.07, 6.45) is 1.09. The topological polar surface area (TPSA) is 65.2 Å². The van der Waals surface area contributed by atoms with E-state index in [0.717, 1.165) is 11.4 Å². The molecule has 1 saturated heterocycles. The summed E-state index contributed by atoms with van der Waals surface area (Å²) in [7, 11) is 0. The molecule has 1 aliphatic rings. The van der Waals surface area contributed by atoms with E-state index in [9.17, 15) is 4.79 Å². The van der Waals surface area contributed by atoms with Crippen LogP contribution in [-0.4, -0.2) is 29.3 Å². The minimum atomic E-state index is -0.0747. The van der Waals surface area contributed by atoms with Gasteiger partial charge in [0.2, 0.25) is 0 Å². The summed E-state index contributed by atoms with van der Waals surface area (Å²) in [5.41, 5.74) is 1.51. The summed E-state index contributed by atoms with van der Waals surface area (Å²) in [6.45, 7) is 2.86. The lowest BCUT2D eigenvalue weighted by Gasteiger charge is -2.19. The van der Waals surface area contributed by atoms with Gasteiger partial charge in [-0.25, -0.2) is 4.63 Å². The van der Waals surface area contributed by atoms with Crippen molar-refractivity contribution in [1.82, 2.24) is 10.3 Å². The molecule has 1 aromatic rings. The number of nitrogens with zero attached hydrogens (tertiary/aromatic N) is 2. The molecule has 0 radical (unpaired) electrons. The van der Waals surface area contributed by atoms with Crippen molar-refractivity contribution in [3.63, 3.8) is 0 Å². The largest absolute Gasteiger partial charge is 0.380 e. The van der Waals surface area contributed by atoms with Crippen LogP contribution in [0.5, 0.6) is 0 Å². The van der Waals surface area contributed by atoms with E-state index >= 15 is 0 Å². The molecule has 0 aromatic carbocycles. The van der Waals surface area contributed by atoms with Crippen molar-refractivity contribution >= 4 is 5.78 Å². The third-order valence-corrected chi connectivity index (χ3v) is 2.45. The Balaban J connectivity index is 2.03. The second kappa shape index (κ2) is 3.88. The summed E-state index contributed by atoms with van der Waals surface area (Å²) in [5, 5.41) is 7.42. The molecule has 1 aromatic heterocycles. The Bertz CT molecular complexity index is 335. The van der Waals surface area contributed by atoms with Gasteiger partial charge in [-0.1, -0.05) is 10.3 Å². The van der Waals surface area contributed by atoms with Crippen LogP contribution in [-0.2, 0) is 16.0 Å². The molecular weight excluding hydrogens is 184 g/mol. The molecular formula is C9H12N2O3. The van der Waals surface area contributed by atoms with Gasteiger partial charge in [-0.2, -0.15) is 0 Å². The zero-order chi connectivity index (χ0) is 9.97. The van der Waals surface area contributed by atoms with E-state index in [1.165, 1.54) is 0 Å². The summed E-state index contributed by atoms with van der Waals surface area (Å²) >= 11 is 0. The second-order valence-corrected chi connectivity index (χ2v) is 3.49. The first-order valence-corrected chi connectivity index (χ1v) is 4.66. The summed E-state index contributed by atoms with van der Waals surface area (Å²) in [5.74, 6) is 0.174. The molecule has 0 aliphatic carbocycles. The molecule has 0 amide bonds. The zero-order valence-corrected chi connectivity index (χ0v) is 8.02. The molecule has 2 rings (SSSR count). The maximum atomic E-state index is 11.5. The van der Waals surface area contributed by atoms with Gasteiger partial charge in [0.15, 0.2) is 0 Å². The zero-order valence-electron chi connectivity index (χ0n) is 8.02. The van der Waals surface area contributed by atoms with Crippen molar-refractivity contribution in [3.05, 3.63) is 11.4 Å². The number of carbonyl (C=O) groups is 1. The molecule has 14 heavy (non-hydrogen) atoms. The quantitative estimate of drug-likeness (QED) is 0.690. The maximum absolute atomic E-state index is 11.5. The highest BCUT2D eigenvalue weighted by molar-refractivity contribution is 5.82. The number of aromatic nitrogens is 2. The SMILES string of the molecule is Cc1nonc1CC1COCCC1=O. The van der Waals surface area contributed by atoms with Crippen molar-refractivity contribution in [1.29, 1.82) is 0 Å². The molecule has 5 nitrogen and oxygen atoms in total. The average molecular weight is 196 g/mol. The molecule has 2 heterocycles. The standard InChI is InChI=1S/C9H12N2O3/c1-6-8(11-14-10-6)4-7-5-13-3-2-9(7)12/h7H,2-5H2,1H3. The first-order chi connectivity index (χ1) is 6.77. The summed E-state index contributed by atoms with van der Waals surface area (Å²) in [4.78, 5) is 11.5. The van der Waals surface area contributed by atoms with Gasteiger partial charge >= 0.3 is 0 Å². The Hall–Kier alpha value is -1.23. The number of ketones is 1. The molecule has 0 bridgehead atoms. The van der Waals surface area contributed by atoms with Crippen LogP contribution in [0.2, 0.25) is 0 Å². The Morgan fingerprint density at radius 3 is 3.00 bits per heavy atom. The predicted octanol–water partition coefficient (Wildman–Crippen LogP) is 0.526. The Kier molecular flexibility index (Phi) is 2.58. The first kappa shape index (κ1) is 9.33. The predicted molar refractivity (Wildman–Crippen MR) is 46.7 cm³/mol. The van der Waals surface area contributed by atoms with E-state index in [1.54, 1.807) is 0 Å². The van der Waals surface area contributed by atoms with Crippen LogP contribution in [0.4, 0.5) is 0 Å². The van der Waals surface area contributed by atoms with Crippen LogP contribution in [0, 0.1) is 12.8 Å². The molecule has 5 heteroatoms. The van der Waals surface area contributed by atoms with Crippen molar-refractivity contribution in [2.24, 2.45) is 5.92 Å². The average Bonchev–Trinajstić information content (AvgIpc) is 2.56. The molecule has 1 atom stereocenters. The number of hydrogen-bond donors (Lipinski definition) is 0. The smallest absolute Gasteiger partial charge is 0.140 e. The van der Waals surface area contributed by atoms with Gasteiger partial charge in [0.1, 0.15) is 17.2 Å². The number of carbonyl (C=O) groups excluding carboxylic acids is 1. The van der Waals surface area contributed by atoms with E-state index in [2.05, 4.69) is 14.9 Å². The fourth-order valence-corrected chi connectivity index (χ4v) is 1.54. The second-order valence-electron chi connectivity index (χ2n) is 3.49. The van der Waals surface area contributed by atoms with Gasteiger partial charge in [-0.3, -0.25) is 4.79 Å². The van der Waals surface area contributed by atoms with E-state index < -0.39 is 0 Å². The van der Waals surface area contributed by atoms with Gasteiger partial charge in [-0.15, -0.1) is 0 Å². The van der Waals surface area contributed by atoms with Crippen LogP contribution >= 0.6 is 0 Å². The van der Waals surface area contributed by atoms with Crippen LogP contribution < -0.4 is 0 Å². The number of hydrogen-bond acceptors (Lipinski definition) is 5. The molecule has 0 N–H and O–H groups in total. The Morgan fingerprint density at radius 1 is 1.50 bits per heavy atom. The first-order valence-electron chi connectivity index (χ1n) is 4.66. The lowest BCUT2D eigenvalue weighted by atomic mass is 9.95. The number of Topliss-reactive ketones (excluding diaryl/α,β-unsaturated/α-hetero) is 1. The summed E-state index contributed by atoms with van der Waals surface area (Å²) in [6, 6.07) is 0. The Morgan fingerprint density at radius 2 is 2.36 bits per heavy atom. The molecule has 0 saturated carbocycles. The monoisotopic (exact) mass is 196 g/mol. The fraction of sp³-hybridized carbons (Fsp3) is 0.667. The van der Waals surface area contributed by atoms with Crippen molar-refractivity contribution < 1.29 is 14.2 Å². The van der Waals surface area contributed by atoms with Crippen LogP contribution in [0.25, 0.3) is 0 Å². The van der Waals surface area contributed by atoms with Crippen LogP contribution in [0.15, 0.2) is 4.63 Å². The number of rotatable bonds is 2. The molecule has 1 aliphatic heterocycles. The number of ether oxygens (including phenoxy) is 1. The van der Waals surface area contributed by atoms with E-state index in [0.29, 0.717) is 26.1 Å². The normalized spacial score (nSPS) is 22.6. The highest BCUT2D eigenvalue weighted by Gasteiger charge is 2.25. The molecule has 1 unspecified atom stereocenters. The van der Waals surface area contributed by atoms with Gasteiger partial charge in [0.05, 0.1) is 13.2 Å². The van der Waals surface area contributed by atoms with E-state index in [4.69, 9.17) is 4.74 Å². The molecule has 1 fully saturated rings. The number of aryl methyl sites for hydroxylation is 1. The third kappa shape index (κ3) is 1.82. The highest BCUT2D eigenvalue weighted by atomic mass is 16.6. The van der Waals surface area contributed by atoms with Crippen molar-refractivity contribution in [3.8, 4) is 0 Å². The van der Waals surface area contributed by atoms with E-state index in [1.807, 2.05) is 6.92 Å². The lowest BCUT2D eigenvalue weighted by molar-refractivity contribution is -0.130. The minimum absolute atomic E-state index is 0.0747. The van der Waals surface area contributed by atoms with Gasteiger partial charge in [0, 0.05) is 18.8 Å². The molecule has 76 valence electrons. The fourth-order valence-electron chi connectivity index (χ4n) is 1.54. The van der Waals surface area contributed by atoms with Crippen molar-refractivity contribution in [2.45, 2.75) is 19.8 Å². The van der Waals surface area contributed by atoms with E-state index in [-0.39, 0.29) is 11.7 Å². The van der Waals surface area contributed by atoms with Crippen LogP contribution in [0.3, 0.4) is 0 Å². The minimum Gasteiger partial charge on any atom is -0.380 e. The highest BCUT2D eigenvalue weighted by Crippen LogP contribution is 2.16. The van der Waals surface area contributed by atoms with Gasteiger partial charge in [-0.05, 0) is 6.92 Å².